The summed E-state index contributed by atoms with van der Waals surface area (Å²) in [5, 5.41) is 15.0. The number of piperidine rings is 1. The largest absolute Gasteiger partial charge is 0.496 e. The van der Waals surface area contributed by atoms with Crippen LogP contribution in [0.1, 0.15) is 54.9 Å². The van der Waals surface area contributed by atoms with Crippen LogP contribution in [0.5, 0.6) is 5.75 Å². The SMILES string of the molecule is COc1cc(C(C)(O)c2cccc(C(F)(F)F)c2)ccc1C1=C2C(N)=NC=CN2C([C@@H]2CC[C@H]3CCC(=O)N3C2)N1. The molecule has 0 aromatic heterocycles. The minimum atomic E-state index is -4.53. The fourth-order valence-electron chi connectivity index (χ4n) is 6.50. The van der Waals surface area contributed by atoms with E-state index in [1.807, 2.05) is 11.1 Å². The lowest BCUT2D eigenvalue weighted by atomic mass is 9.86. The standard InChI is InChI=1S/C30H32F3N5O3/c1-29(40,18-4-3-5-20(14-18)30(31,32)33)19-7-10-22(23(15-19)41-2)25-26-27(34)35-12-13-37(26)28(36-25)17-6-8-21-9-11-24(39)38(21)16-17/h3-5,7,10,12-15,17,21,28,36,40H,6,8-9,11,16H2,1-2H3,(H2,34,35)/t17-,21+,28?,29?/m1/s1. The van der Waals surface area contributed by atoms with Crippen molar-refractivity contribution >= 4 is 17.4 Å². The number of nitrogens with two attached hydrogens (primary N) is 1. The van der Waals surface area contributed by atoms with Gasteiger partial charge in [-0.1, -0.05) is 18.2 Å². The van der Waals surface area contributed by atoms with Crippen molar-refractivity contribution in [3.05, 3.63) is 82.8 Å². The Morgan fingerprint density at radius 1 is 1.10 bits per heavy atom. The number of carbonyl (C=O) groups excluding carboxylic acids is 1. The van der Waals surface area contributed by atoms with Crippen LogP contribution >= 0.6 is 0 Å². The molecule has 0 aliphatic carbocycles. The summed E-state index contributed by atoms with van der Waals surface area (Å²) in [6.07, 6.45) is 2.22. The average Bonchev–Trinajstić information content (AvgIpc) is 3.53. The van der Waals surface area contributed by atoms with E-state index in [4.69, 9.17) is 10.5 Å². The molecular weight excluding hydrogens is 535 g/mol. The second-order valence-corrected chi connectivity index (χ2v) is 11.2. The smallest absolute Gasteiger partial charge is 0.416 e. The van der Waals surface area contributed by atoms with Gasteiger partial charge in [0.2, 0.25) is 5.91 Å². The number of alkyl halides is 3. The third-order valence-corrected chi connectivity index (χ3v) is 8.76. The van der Waals surface area contributed by atoms with Crippen LogP contribution in [0.25, 0.3) is 5.70 Å². The van der Waals surface area contributed by atoms with Crippen LogP contribution in [0, 0.1) is 5.92 Å². The number of rotatable bonds is 5. The Labute approximate surface area is 236 Å². The molecule has 4 aliphatic rings. The number of hydrogen-bond acceptors (Lipinski definition) is 7. The van der Waals surface area contributed by atoms with E-state index in [1.165, 1.54) is 26.2 Å². The van der Waals surface area contributed by atoms with E-state index >= 15 is 0 Å². The first-order valence-corrected chi connectivity index (χ1v) is 13.7. The number of ether oxygens (including phenoxy) is 1. The Balaban J connectivity index is 1.34. The Bertz CT molecular complexity index is 1480. The lowest BCUT2D eigenvalue weighted by Gasteiger charge is -2.41. The molecule has 4 N–H and O–H groups in total. The van der Waals surface area contributed by atoms with Gasteiger partial charge in [-0.05, 0) is 61.6 Å². The van der Waals surface area contributed by atoms with Gasteiger partial charge in [0.25, 0.3) is 0 Å². The summed E-state index contributed by atoms with van der Waals surface area (Å²) in [5.41, 5.74) is 6.34. The number of amidine groups is 1. The average molecular weight is 568 g/mol. The highest BCUT2D eigenvalue weighted by atomic mass is 19.4. The maximum Gasteiger partial charge on any atom is 0.416 e. The molecule has 8 nitrogen and oxygen atoms in total. The molecule has 41 heavy (non-hydrogen) atoms. The fraction of sp³-hybridized carbons (Fsp3) is 0.400. The number of aliphatic imine (C=N–C) groups is 1. The molecule has 2 aromatic rings. The number of nitrogens with one attached hydrogen (secondary N) is 1. The van der Waals surface area contributed by atoms with E-state index < -0.39 is 17.3 Å². The zero-order chi connectivity index (χ0) is 29.1. The first-order valence-electron chi connectivity index (χ1n) is 13.7. The van der Waals surface area contributed by atoms with Gasteiger partial charge < -0.3 is 30.7 Å². The van der Waals surface area contributed by atoms with Crippen molar-refractivity contribution in [3.8, 4) is 5.75 Å². The Hall–Kier alpha value is -3.99. The highest BCUT2D eigenvalue weighted by Gasteiger charge is 2.44. The van der Waals surface area contributed by atoms with Crippen molar-refractivity contribution < 1.29 is 27.8 Å². The molecule has 2 unspecified atom stereocenters. The van der Waals surface area contributed by atoms with E-state index in [0.717, 1.165) is 31.4 Å². The van der Waals surface area contributed by atoms with Gasteiger partial charge in [-0.3, -0.25) is 4.79 Å². The number of halogens is 3. The number of fused-ring (bicyclic) bond motifs is 2. The van der Waals surface area contributed by atoms with E-state index in [1.54, 1.807) is 24.4 Å². The molecule has 6 rings (SSSR count). The minimum absolute atomic E-state index is 0.107. The summed E-state index contributed by atoms with van der Waals surface area (Å²) in [6.45, 7) is 2.11. The van der Waals surface area contributed by atoms with Gasteiger partial charge in [-0.2, -0.15) is 13.2 Å². The molecule has 0 saturated carbocycles. The Morgan fingerprint density at radius 2 is 1.85 bits per heavy atom. The third-order valence-electron chi connectivity index (χ3n) is 8.76. The van der Waals surface area contributed by atoms with Gasteiger partial charge in [-0.25, -0.2) is 4.99 Å². The number of aliphatic hydroxyl groups is 1. The van der Waals surface area contributed by atoms with Crippen molar-refractivity contribution in [1.29, 1.82) is 0 Å². The predicted molar refractivity (Wildman–Crippen MR) is 147 cm³/mol. The highest BCUT2D eigenvalue weighted by molar-refractivity contribution is 6.05. The number of amides is 1. The molecule has 216 valence electrons. The second-order valence-electron chi connectivity index (χ2n) is 11.2. The molecule has 11 heteroatoms. The number of methoxy groups -OCH3 is 1. The monoisotopic (exact) mass is 567 g/mol. The maximum absolute atomic E-state index is 13.4. The second kappa shape index (κ2) is 9.83. The lowest BCUT2D eigenvalue weighted by Crippen LogP contribution is -2.51. The molecule has 1 amide bonds. The maximum atomic E-state index is 13.4. The van der Waals surface area contributed by atoms with Crippen LogP contribution in [-0.2, 0) is 16.6 Å². The number of carbonyl (C=O) groups is 1. The van der Waals surface area contributed by atoms with Crippen molar-refractivity contribution in [3.63, 3.8) is 0 Å². The summed E-state index contributed by atoms with van der Waals surface area (Å²) < 4.78 is 45.8. The highest BCUT2D eigenvalue weighted by Crippen LogP contribution is 2.42. The zero-order valence-corrected chi connectivity index (χ0v) is 22.8. The zero-order valence-electron chi connectivity index (χ0n) is 22.8. The normalized spacial score (nSPS) is 25.5. The van der Waals surface area contributed by atoms with Crippen LogP contribution in [0.4, 0.5) is 13.2 Å². The summed E-state index contributed by atoms with van der Waals surface area (Å²) >= 11 is 0. The van der Waals surface area contributed by atoms with Gasteiger partial charge in [0.1, 0.15) is 29.0 Å². The molecule has 4 atom stereocenters. The molecule has 2 fully saturated rings. The van der Waals surface area contributed by atoms with Gasteiger partial charge in [-0.15, -0.1) is 0 Å². The first kappa shape index (κ1) is 27.2. The third kappa shape index (κ3) is 4.61. The first-order chi connectivity index (χ1) is 19.5. The van der Waals surface area contributed by atoms with Gasteiger partial charge >= 0.3 is 6.18 Å². The minimum Gasteiger partial charge on any atom is -0.496 e. The molecule has 2 aromatic carbocycles. The van der Waals surface area contributed by atoms with Crippen molar-refractivity contribution in [1.82, 2.24) is 15.1 Å². The van der Waals surface area contributed by atoms with Crippen molar-refractivity contribution in [2.75, 3.05) is 13.7 Å². The van der Waals surface area contributed by atoms with Gasteiger partial charge in [0.15, 0.2) is 0 Å². The summed E-state index contributed by atoms with van der Waals surface area (Å²) in [5.74, 6) is 1.08. The predicted octanol–water partition coefficient (Wildman–Crippen LogP) is 4.11. The lowest BCUT2D eigenvalue weighted by molar-refractivity contribution is -0.137. The molecule has 0 spiro atoms. The molecule has 0 bridgehead atoms. The van der Waals surface area contributed by atoms with Gasteiger partial charge in [0.05, 0.1) is 18.4 Å². The summed E-state index contributed by atoms with van der Waals surface area (Å²) in [6, 6.07) is 10.1. The fourth-order valence-corrected chi connectivity index (χ4v) is 6.50. The Kier molecular flexibility index (Phi) is 6.52. The van der Waals surface area contributed by atoms with E-state index in [0.29, 0.717) is 53.1 Å². The van der Waals surface area contributed by atoms with Crippen molar-refractivity contribution in [2.45, 2.75) is 56.6 Å². The molecular formula is C30H32F3N5O3. The summed E-state index contributed by atoms with van der Waals surface area (Å²) in [7, 11) is 1.50. The molecule has 2 saturated heterocycles. The number of nitrogens with zero attached hydrogens (tertiary/aromatic N) is 3. The van der Waals surface area contributed by atoms with Crippen LogP contribution in [-0.4, -0.2) is 52.5 Å². The van der Waals surface area contributed by atoms with Crippen molar-refractivity contribution in [2.24, 2.45) is 16.6 Å². The van der Waals surface area contributed by atoms with Crippen LogP contribution in [0.3, 0.4) is 0 Å². The van der Waals surface area contributed by atoms with Crippen LogP contribution in [0.15, 0.2) is 65.6 Å². The number of benzene rings is 2. The molecule has 0 radical (unpaired) electrons. The Morgan fingerprint density at radius 3 is 2.61 bits per heavy atom. The van der Waals surface area contributed by atoms with E-state index in [9.17, 15) is 23.1 Å². The van der Waals surface area contributed by atoms with E-state index in [2.05, 4.69) is 15.2 Å². The number of hydrogen-bond donors (Lipinski definition) is 3. The van der Waals surface area contributed by atoms with Crippen LogP contribution < -0.4 is 15.8 Å². The topological polar surface area (TPSA) is 103 Å². The van der Waals surface area contributed by atoms with Crippen LogP contribution in [0.2, 0.25) is 0 Å². The van der Waals surface area contributed by atoms with E-state index in [-0.39, 0.29) is 23.6 Å². The quantitative estimate of drug-likeness (QED) is 0.503. The molecule has 4 aliphatic heterocycles. The molecule has 4 heterocycles. The summed E-state index contributed by atoms with van der Waals surface area (Å²) in [4.78, 5) is 20.9. The van der Waals surface area contributed by atoms with Gasteiger partial charge in [0, 0.05) is 42.9 Å².